The van der Waals surface area contributed by atoms with Crippen molar-refractivity contribution in [1.82, 2.24) is 0 Å². The number of rotatable bonds is 1. The van der Waals surface area contributed by atoms with E-state index >= 15 is 0 Å². The molecule has 4 atom stereocenters. The molecule has 0 aromatic rings. The molecule has 1 aliphatic heterocycles. The molecule has 0 aromatic heterocycles. The second-order valence-corrected chi connectivity index (χ2v) is 6.05. The summed E-state index contributed by atoms with van der Waals surface area (Å²) in [6.07, 6.45) is 4.64. The highest BCUT2D eigenvalue weighted by Gasteiger charge is 2.63. The molecule has 92 valence electrons. The van der Waals surface area contributed by atoms with Gasteiger partial charge in [-0.3, -0.25) is 4.79 Å². The summed E-state index contributed by atoms with van der Waals surface area (Å²) < 4.78 is 5.23. The van der Waals surface area contributed by atoms with Crippen molar-refractivity contribution in [3.8, 4) is 0 Å². The van der Waals surface area contributed by atoms with Gasteiger partial charge in [-0.2, -0.15) is 0 Å². The summed E-state index contributed by atoms with van der Waals surface area (Å²) in [4.78, 5) is 22.6. The minimum absolute atomic E-state index is 0.0686. The van der Waals surface area contributed by atoms with Crippen LogP contribution >= 0.6 is 0 Å². The minimum Gasteiger partial charge on any atom is -0.423 e. The van der Waals surface area contributed by atoms with Gasteiger partial charge in [0.25, 0.3) is 0 Å². The first-order valence-corrected chi connectivity index (χ1v) is 6.38. The number of allylic oxidation sites excluding steroid dienone is 3. The Hall–Kier alpha value is -1.64. The molecule has 0 N–H and O–H groups in total. The maximum absolute atomic E-state index is 11.6. The Bertz CT molecular complexity index is 581. The van der Waals surface area contributed by atoms with E-state index in [0.29, 0.717) is 29.8 Å². The van der Waals surface area contributed by atoms with Crippen molar-refractivity contribution in [2.24, 2.45) is 23.2 Å². The Labute approximate surface area is 105 Å². The van der Waals surface area contributed by atoms with Crippen molar-refractivity contribution in [1.29, 1.82) is 0 Å². The third-order valence-corrected chi connectivity index (χ3v) is 5.28. The van der Waals surface area contributed by atoms with Gasteiger partial charge >= 0.3 is 5.97 Å². The van der Waals surface area contributed by atoms with Crippen molar-refractivity contribution in [2.45, 2.75) is 19.8 Å². The van der Waals surface area contributed by atoms with Crippen molar-refractivity contribution < 1.29 is 14.3 Å². The molecule has 18 heavy (non-hydrogen) atoms. The number of ether oxygens (including phenoxy) is 1. The van der Waals surface area contributed by atoms with Crippen LogP contribution in [0.5, 0.6) is 0 Å². The smallest absolute Gasteiger partial charge is 0.347 e. The zero-order chi connectivity index (χ0) is 12.7. The molecule has 0 saturated heterocycles. The van der Waals surface area contributed by atoms with Crippen molar-refractivity contribution in [2.75, 3.05) is 0 Å². The van der Waals surface area contributed by atoms with E-state index in [1.54, 1.807) is 0 Å². The molecule has 0 aromatic carbocycles. The number of carbonyl (C=O) groups excluding carboxylic acids is 2. The van der Waals surface area contributed by atoms with Gasteiger partial charge in [0.15, 0.2) is 6.29 Å². The molecule has 0 bridgehead atoms. The molecule has 2 saturated carbocycles. The number of hydrogen-bond donors (Lipinski definition) is 0. The van der Waals surface area contributed by atoms with Crippen LogP contribution in [0.4, 0.5) is 0 Å². The maximum atomic E-state index is 11.6. The Morgan fingerprint density at radius 2 is 2.33 bits per heavy atom. The quantitative estimate of drug-likeness (QED) is 0.306. The molecular weight excluding hydrogens is 228 g/mol. The van der Waals surface area contributed by atoms with Crippen LogP contribution in [-0.2, 0) is 14.3 Å². The van der Waals surface area contributed by atoms with Gasteiger partial charge in [0.1, 0.15) is 11.3 Å². The highest BCUT2D eigenvalue weighted by Crippen LogP contribution is 2.70. The molecule has 1 heterocycles. The van der Waals surface area contributed by atoms with Crippen molar-refractivity contribution in [3.05, 3.63) is 35.1 Å². The molecule has 2 fully saturated rings. The minimum atomic E-state index is -0.493. The number of esters is 1. The monoisotopic (exact) mass is 242 g/mol. The van der Waals surface area contributed by atoms with E-state index < -0.39 is 5.97 Å². The lowest BCUT2D eigenvalue weighted by Gasteiger charge is -2.36. The van der Waals surface area contributed by atoms with Gasteiger partial charge in [0.05, 0.1) is 0 Å². The Morgan fingerprint density at radius 1 is 1.56 bits per heavy atom. The largest absolute Gasteiger partial charge is 0.423 e. The molecule has 0 radical (unpaired) electrons. The first-order chi connectivity index (χ1) is 8.56. The van der Waals surface area contributed by atoms with Crippen LogP contribution in [-0.4, -0.2) is 12.3 Å². The number of aldehydes is 1. The topological polar surface area (TPSA) is 43.4 Å². The standard InChI is InChI=1S/C15H14O3/c1-7-8-3-12(8)15(2)5-13-9(4-11(7)15)10(6-16)14(17)18-13/h5-6,8,11-12H,1,3-4H2,2H3/t8-,11+,12-,15-/m1/s1. The average molecular weight is 242 g/mol. The molecule has 3 nitrogen and oxygen atoms in total. The van der Waals surface area contributed by atoms with Crippen LogP contribution in [0.1, 0.15) is 19.8 Å². The fourth-order valence-electron chi connectivity index (χ4n) is 4.17. The maximum Gasteiger partial charge on any atom is 0.347 e. The van der Waals surface area contributed by atoms with Gasteiger partial charge in [-0.25, -0.2) is 4.79 Å². The molecule has 0 amide bonds. The summed E-state index contributed by atoms with van der Waals surface area (Å²) in [5.41, 5.74) is 2.37. The average Bonchev–Trinajstić information content (AvgIpc) is 3.02. The van der Waals surface area contributed by atoms with Gasteiger partial charge in [-0.15, -0.1) is 0 Å². The molecule has 0 spiro atoms. The van der Waals surface area contributed by atoms with Crippen LogP contribution in [0.2, 0.25) is 0 Å². The number of fused-ring (bicyclic) bond motifs is 4. The van der Waals surface area contributed by atoms with Crippen molar-refractivity contribution in [3.63, 3.8) is 0 Å². The number of carbonyl (C=O) groups is 2. The fourth-order valence-corrected chi connectivity index (χ4v) is 4.17. The Morgan fingerprint density at radius 3 is 3.06 bits per heavy atom. The van der Waals surface area contributed by atoms with Crippen LogP contribution < -0.4 is 0 Å². The van der Waals surface area contributed by atoms with Crippen LogP contribution in [0.25, 0.3) is 0 Å². The lowest BCUT2D eigenvalue weighted by atomic mass is 9.67. The summed E-state index contributed by atoms with van der Waals surface area (Å²) in [6.45, 7) is 6.46. The zero-order valence-electron chi connectivity index (χ0n) is 10.2. The van der Waals surface area contributed by atoms with Crippen molar-refractivity contribution >= 4 is 12.3 Å². The normalized spacial score (nSPS) is 44.1. The lowest BCUT2D eigenvalue weighted by molar-refractivity contribution is -0.133. The summed E-state index contributed by atoms with van der Waals surface area (Å²) in [5.74, 6) is 1.80. The summed E-state index contributed by atoms with van der Waals surface area (Å²) in [6, 6.07) is 0. The molecule has 4 rings (SSSR count). The van der Waals surface area contributed by atoms with Crippen LogP contribution in [0.3, 0.4) is 0 Å². The summed E-state index contributed by atoms with van der Waals surface area (Å²) in [5, 5.41) is 0. The first-order valence-electron chi connectivity index (χ1n) is 6.38. The second kappa shape index (κ2) is 2.85. The van der Waals surface area contributed by atoms with E-state index in [4.69, 9.17) is 4.74 Å². The van der Waals surface area contributed by atoms with Crippen LogP contribution in [0, 0.1) is 23.2 Å². The predicted octanol–water partition coefficient (Wildman–Crippen LogP) is 2.15. The molecule has 4 aliphatic rings. The van der Waals surface area contributed by atoms with E-state index in [1.807, 2.05) is 0 Å². The fraction of sp³-hybridized carbons (Fsp3) is 0.467. The highest BCUT2D eigenvalue weighted by atomic mass is 16.5. The van der Waals surface area contributed by atoms with Gasteiger partial charge in [-0.05, 0) is 42.1 Å². The van der Waals surface area contributed by atoms with E-state index in [9.17, 15) is 9.59 Å². The molecule has 3 heteroatoms. The Kier molecular flexibility index (Phi) is 1.63. The lowest BCUT2D eigenvalue weighted by Crippen LogP contribution is -2.29. The van der Waals surface area contributed by atoms with E-state index in [0.717, 1.165) is 12.0 Å². The SMILES string of the molecule is C=C1[C@H]2C[C@H]2[C@]2(C)C=C3OC(=O)C(C=O)=C3C[C@@H]12. The third kappa shape index (κ3) is 0.972. The Balaban J connectivity index is 1.88. The molecular formula is C15H14O3. The third-order valence-electron chi connectivity index (χ3n) is 5.28. The zero-order valence-corrected chi connectivity index (χ0v) is 10.2. The summed E-state index contributed by atoms with van der Waals surface area (Å²) >= 11 is 0. The second-order valence-electron chi connectivity index (χ2n) is 6.05. The van der Waals surface area contributed by atoms with Gasteiger partial charge in [0, 0.05) is 5.57 Å². The van der Waals surface area contributed by atoms with E-state index in [-0.39, 0.29) is 11.0 Å². The first kappa shape index (κ1) is 10.3. The van der Waals surface area contributed by atoms with E-state index in [2.05, 4.69) is 19.6 Å². The summed E-state index contributed by atoms with van der Waals surface area (Å²) in [7, 11) is 0. The molecule has 3 aliphatic carbocycles. The highest BCUT2D eigenvalue weighted by molar-refractivity contribution is 6.11. The predicted molar refractivity (Wildman–Crippen MR) is 64.2 cm³/mol. The molecule has 0 unspecified atom stereocenters. The van der Waals surface area contributed by atoms with Gasteiger partial charge in [-0.1, -0.05) is 19.1 Å². The number of hydrogen-bond acceptors (Lipinski definition) is 3. The van der Waals surface area contributed by atoms with E-state index in [1.165, 1.54) is 12.0 Å². The van der Waals surface area contributed by atoms with Gasteiger partial charge in [0.2, 0.25) is 0 Å². The van der Waals surface area contributed by atoms with Gasteiger partial charge < -0.3 is 4.74 Å². The van der Waals surface area contributed by atoms with Crippen LogP contribution in [0.15, 0.2) is 35.1 Å².